The van der Waals surface area contributed by atoms with E-state index in [-0.39, 0.29) is 21.8 Å². The van der Waals surface area contributed by atoms with Crippen LogP contribution in [0.4, 0.5) is 0 Å². The van der Waals surface area contributed by atoms with Crippen LogP contribution in [0.25, 0.3) is 0 Å². The summed E-state index contributed by atoms with van der Waals surface area (Å²) in [5.74, 6) is 0.361. The number of hydrogen-bond donors (Lipinski definition) is 0. The van der Waals surface area contributed by atoms with E-state index >= 15 is 0 Å². The minimum absolute atomic E-state index is 0.112. The van der Waals surface area contributed by atoms with Crippen LogP contribution in [0.1, 0.15) is 80.1 Å². The molecule has 3 aliphatic carbocycles. The normalized spacial score (nSPS) is 39.6. The molecule has 2 atom stereocenters. The van der Waals surface area contributed by atoms with Crippen LogP contribution in [0.5, 0.6) is 0 Å². The second-order valence-electron chi connectivity index (χ2n) is 10.0. The van der Waals surface area contributed by atoms with Crippen molar-refractivity contribution in [3.05, 3.63) is 11.1 Å². The minimum atomic E-state index is -0.313. The van der Waals surface area contributed by atoms with Crippen LogP contribution in [0.3, 0.4) is 0 Å². The summed E-state index contributed by atoms with van der Waals surface area (Å²) in [6, 6.07) is 0. The molecular formula is C20H32O2. The van der Waals surface area contributed by atoms with Crippen LogP contribution in [-0.4, -0.2) is 18.0 Å². The molecule has 2 bridgehead atoms. The summed E-state index contributed by atoms with van der Waals surface area (Å²) >= 11 is 0. The van der Waals surface area contributed by atoms with E-state index in [2.05, 4.69) is 41.5 Å². The molecule has 1 fully saturated rings. The van der Waals surface area contributed by atoms with E-state index in [1.165, 1.54) is 12.0 Å². The van der Waals surface area contributed by atoms with Gasteiger partial charge >= 0.3 is 0 Å². The van der Waals surface area contributed by atoms with Crippen molar-refractivity contribution in [3.63, 3.8) is 0 Å². The Bertz CT molecular complexity index is 540. The molecule has 2 heteroatoms. The van der Waals surface area contributed by atoms with Crippen LogP contribution >= 0.6 is 0 Å². The highest BCUT2D eigenvalue weighted by molar-refractivity contribution is 5.99. The van der Waals surface area contributed by atoms with Crippen molar-refractivity contribution < 1.29 is 9.53 Å². The van der Waals surface area contributed by atoms with Gasteiger partial charge < -0.3 is 4.74 Å². The first-order chi connectivity index (χ1) is 10.0. The SMILES string of the molecule is CCO[C@@]12CC(C)(C)C[C@@](C)(CC3=C1C(=O)CC(C)(C)C3)C2. The zero-order valence-corrected chi connectivity index (χ0v) is 15.3. The van der Waals surface area contributed by atoms with Crippen LogP contribution in [0.15, 0.2) is 11.1 Å². The Morgan fingerprint density at radius 1 is 0.909 bits per heavy atom. The third kappa shape index (κ3) is 2.58. The number of Topliss-reactive ketones (excluding diaryl/α,β-unsaturated/α-hetero) is 1. The molecule has 0 aromatic heterocycles. The molecule has 3 aliphatic rings. The molecule has 0 N–H and O–H groups in total. The number of ether oxygens (including phenoxy) is 1. The number of ketones is 1. The van der Waals surface area contributed by atoms with Crippen molar-refractivity contribution in [1.29, 1.82) is 0 Å². The smallest absolute Gasteiger partial charge is 0.162 e. The first-order valence-corrected chi connectivity index (χ1v) is 8.90. The lowest BCUT2D eigenvalue weighted by molar-refractivity contribution is -0.138. The second-order valence-corrected chi connectivity index (χ2v) is 10.0. The fourth-order valence-corrected chi connectivity index (χ4v) is 6.25. The van der Waals surface area contributed by atoms with E-state index < -0.39 is 0 Å². The van der Waals surface area contributed by atoms with Crippen molar-refractivity contribution in [2.24, 2.45) is 16.2 Å². The Kier molecular flexibility index (Phi) is 3.46. The number of rotatable bonds is 2. The first kappa shape index (κ1) is 16.2. The third-order valence-corrected chi connectivity index (χ3v) is 5.86. The Balaban J connectivity index is 2.15. The van der Waals surface area contributed by atoms with E-state index in [0.717, 1.165) is 31.3 Å². The molecule has 0 radical (unpaired) electrons. The van der Waals surface area contributed by atoms with E-state index in [9.17, 15) is 4.79 Å². The second kappa shape index (κ2) is 4.69. The van der Waals surface area contributed by atoms with Crippen LogP contribution in [0, 0.1) is 16.2 Å². The summed E-state index contributed by atoms with van der Waals surface area (Å²) in [5, 5.41) is 0. The molecule has 2 nitrogen and oxygen atoms in total. The molecule has 0 saturated heterocycles. The van der Waals surface area contributed by atoms with Gasteiger partial charge in [0.05, 0.1) is 5.60 Å². The highest BCUT2D eigenvalue weighted by atomic mass is 16.5. The number of allylic oxidation sites excluding steroid dienone is 1. The van der Waals surface area contributed by atoms with Gasteiger partial charge in [-0.3, -0.25) is 4.79 Å². The fourth-order valence-electron chi connectivity index (χ4n) is 6.25. The largest absolute Gasteiger partial charge is 0.370 e. The van der Waals surface area contributed by atoms with Gasteiger partial charge in [0.2, 0.25) is 0 Å². The quantitative estimate of drug-likeness (QED) is 0.712. The summed E-state index contributed by atoms with van der Waals surface area (Å²) in [7, 11) is 0. The predicted octanol–water partition coefficient (Wildman–Crippen LogP) is 5.07. The van der Waals surface area contributed by atoms with Gasteiger partial charge in [0.1, 0.15) is 0 Å². The predicted molar refractivity (Wildman–Crippen MR) is 89.8 cm³/mol. The van der Waals surface area contributed by atoms with E-state index in [0.29, 0.717) is 18.8 Å². The van der Waals surface area contributed by atoms with E-state index in [4.69, 9.17) is 4.74 Å². The lowest BCUT2D eigenvalue weighted by Crippen LogP contribution is -2.55. The van der Waals surface area contributed by atoms with Crippen molar-refractivity contribution in [3.8, 4) is 0 Å². The molecular weight excluding hydrogens is 272 g/mol. The van der Waals surface area contributed by atoms with Crippen LogP contribution < -0.4 is 0 Å². The monoisotopic (exact) mass is 304 g/mol. The van der Waals surface area contributed by atoms with Gasteiger partial charge in [0, 0.05) is 18.6 Å². The van der Waals surface area contributed by atoms with Gasteiger partial charge in [-0.05, 0) is 55.3 Å². The molecule has 3 rings (SSSR count). The molecule has 0 unspecified atom stereocenters. The number of carbonyl (C=O) groups excluding carboxylic acids is 1. The van der Waals surface area contributed by atoms with Crippen LogP contribution in [0.2, 0.25) is 0 Å². The first-order valence-electron chi connectivity index (χ1n) is 8.90. The molecule has 0 spiro atoms. The molecule has 1 saturated carbocycles. The maximum absolute atomic E-state index is 13.0. The Labute approximate surface area is 135 Å². The Hall–Kier alpha value is -0.630. The lowest BCUT2D eigenvalue weighted by atomic mass is 9.49. The summed E-state index contributed by atoms with van der Waals surface area (Å²) in [6.07, 6.45) is 6.10. The molecule has 0 heterocycles. The number of hydrogen-bond acceptors (Lipinski definition) is 2. The summed E-state index contributed by atoms with van der Waals surface area (Å²) < 4.78 is 6.37. The van der Waals surface area contributed by atoms with Crippen molar-refractivity contribution in [2.75, 3.05) is 6.61 Å². The summed E-state index contributed by atoms with van der Waals surface area (Å²) in [5.41, 5.74) is 2.82. The zero-order chi connectivity index (χ0) is 16.4. The average molecular weight is 304 g/mol. The van der Waals surface area contributed by atoms with Gasteiger partial charge in [-0.25, -0.2) is 0 Å². The molecule has 0 aliphatic heterocycles. The summed E-state index contributed by atoms with van der Waals surface area (Å²) in [6.45, 7) is 14.3. The maximum atomic E-state index is 13.0. The highest BCUT2D eigenvalue weighted by Gasteiger charge is 2.58. The third-order valence-electron chi connectivity index (χ3n) is 5.86. The Morgan fingerprint density at radius 2 is 1.59 bits per heavy atom. The fraction of sp³-hybridized carbons (Fsp3) is 0.850. The molecule has 0 amide bonds. The van der Waals surface area contributed by atoms with Gasteiger partial charge in [-0.2, -0.15) is 0 Å². The highest BCUT2D eigenvalue weighted by Crippen LogP contribution is 2.62. The molecule has 0 aromatic carbocycles. The molecule has 22 heavy (non-hydrogen) atoms. The average Bonchev–Trinajstić information content (AvgIpc) is 2.20. The number of fused-ring (bicyclic) bond motifs is 3. The van der Waals surface area contributed by atoms with Crippen molar-refractivity contribution in [1.82, 2.24) is 0 Å². The topological polar surface area (TPSA) is 26.3 Å². The Morgan fingerprint density at radius 3 is 2.23 bits per heavy atom. The van der Waals surface area contributed by atoms with E-state index in [1.807, 2.05) is 0 Å². The van der Waals surface area contributed by atoms with Crippen LogP contribution in [-0.2, 0) is 9.53 Å². The molecule has 124 valence electrons. The zero-order valence-electron chi connectivity index (χ0n) is 15.3. The minimum Gasteiger partial charge on any atom is -0.370 e. The lowest BCUT2D eigenvalue weighted by Gasteiger charge is -2.58. The molecule has 0 aromatic rings. The van der Waals surface area contributed by atoms with Crippen molar-refractivity contribution >= 4 is 5.78 Å². The van der Waals surface area contributed by atoms with Crippen molar-refractivity contribution in [2.45, 2.75) is 85.7 Å². The summed E-state index contributed by atoms with van der Waals surface area (Å²) in [4.78, 5) is 13.0. The van der Waals surface area contributed by atoms with Gasteiger partial charge in [0.15, 0.2) is 5.78 Å². The number of carbonyl (C=O) groups is 1. The maximum Gasteiger partial charge on any atom is 0.162 e. The van der Waals surface area contributed by atoms with E-state index in [1.54, 1.807) is 0 Å². The standard InChI is InChI=1S/C20H32O2/c1-7-22-20-12-18(4,5)11-19(6,13-20)9-14-8-17(2,3)10-15(21)16(14)20/h7-13H2,1-6H3/t19-,20-/m1/s1. The van der Waals surface area contributed by atoms with Gasteiger partial charge in [-0.15, -0.1) is 0 Å². The van der Waals surface area contributed by atoms with Gasteiger partial charge in [-0.1, -0.05) is 40.2 Å². The van der Waals surface area contributed by atoms with Gasteiger partial charge in [0.25, 0.3) is 0 Å².